The maximum absolute atomic E-state index is 12.7. The topological polar surface area (TPSA) is 58.6 Å². The van der Waals surface area contributed by atoms with Gasteiger partial charge >= 0.3 is 5.97 Å². The van der Waals surface area contributed by atoms with Gasteiger partial charge in [0.2, 0.25) is 5.91 Å². The number of methoxy groups -OCH3 is 1. The number of hydrogen-bond donors (Lipinski definition) is 1. The van der Waals surface area contributed by atoms with E-state index >= 15 is 0 Å². The maximum atomic E-state index is 12.7. The first-order valence-corrected chi connectivity index (χ1v) is 7.44. The second-order valence-corrected chi connectivity index (χ2v) is 6.10. The van der Waals surface area contributed by atoms with Crippen LogP contribution in [0.2, 0.25) is 0 Å². The van der Waals surface area contributed by atoms with Crippen molar-refractivity contribution in [3.63, 3.8) is 0 Å². The summed E-state index contributed by atoms with van der Waals surface area (Å²) in [6.07, 6.45) is 2.50. The number of rotatable bonds is 1. The molecule has 5 heteroatoms. The van der Waals surface area contributed by atoms with E-state index < -0.39 is 5.54 Å². The van der Waals surface area contributed by atoms with Gasteiger partial charge in [0.1, 0.15) is 5.54 Å². The molecule has 1 spiro atoms. The van der Waals surface area contributed by atoms with E-state index in [2.05, 4.69) is 10.2 Å². The van der Waals surface area contributed by atoms with Gasteiger partial charge < -0.3 is 10.1 Å². The van der Waals surface area contributed by atoms with Crippen LogP contribution in [0.1, 0.15) is 24.8 Å². The predicted molar refractivity (Wildman–Crippen MR) is 76.6 cm³/mol. The molecule has 5 nitrogen and oxygen atoms in total. The number of carbonyl (C=O) groups is 2. The molecule has 0 aliphatic carbocycles. The summed E-state index contributed by atoms with van der Waals surface area (Å²) in [5.74, 6) is -0.405. The zero-order chi connectivity index (χ0) is 14.6. The lowest BCUT2D eigenvalue weighted by Gasteiger charge is -2.32. The van der Waals surface area contributed by atoms with Crippen LogP contribution in [0, 0.1) is 5.92 Å². The molecule has 2 saturated heterocycles. The minimum Gasteiger partial charge on any atom is -0.469 e. The number of ether oxygens (including phenoxy) is 1. The van der Waals surface area contributed by atoms with Crippen molar-refractivity contribution >= 4 is 17.6 Å². The molecule has 3 aliphatic heterocycles. The Morgan fingerprint density at radius 3 is 3.05 bits per heavy atom. The molecule has 0 saturated carbocycles. The smallest absolute Gasteiger partial charge is 0.310 e. The van der Waals surface area contributed by atoms with Crippen molar-refractivity contribution in [3.05, 3.63) is 29.8 Å². The van der Waals surface area contributed by atoms with Crippen molar-refractivity contribution in [1.29, 1.82) is 0 Å². The summed E-state index contributed by atoms with van der Waals surface area (Å²) in [5, 5.41) is 2.99. The van der Waals surface area contributed by atoms with Gasteiger partial charge in [0, 0.05) is 17.3 Å². The van der Waals surface area contributed by atoms with Crippen molar-refractivity contribution in [2.75, 3.05) is 19.0 Å². The van der Waals surface area contributed by atoms with Crippen LogP contribution in [0.4, 0.5) is 5.69 Å². The van der Waals surface area contributed by atoms with Crippen molar-refractivity contribution in [2.24, 2.45) is 5.92 Å². The second kappa shape index (κ2) is 4.31. The zero-order valence-electron chi connectivity index (χ0n) is 12.0. The van der Waals surface area contributed by atoms with Gasteiger partial charge in [-0.05, 0) is 31.9 Å². The van der Waals surface area contributed by atoms with Gasteiger partial charge in [0.25, 0.3) is 0 Å². The van der Waals surface area contributed by atoms with E-state index in [1.807, 2.05) is 24.3 Å². The fourth-order valence-electron chi connectivity index (χ4n) is 4.44. The number of hydrogen-bond acceptors (Lipinski definition) is 4. The Balaban J connectivity index is 1.84. The van der Waals surface area contributed by atoms with Crippen molar-refractivity contribution in [1.82, 2.24) is 4.90 Å². The maximum Gasteiger partial charge on any atom is 0.310 e. The Morgan fingerprint density at radius 1 is 1.43 bits per heavy atom. The molecule has 3 aliphatic rings. The third-order valence-electron chi connectivity index (χ3n) is 5.27. The highest BCUT2D eigenvalue weighted by molar-refractivity contribution is 6.06. The van der Waals surface area contributed by atoms with Gasteiger partial charge in [-0.3, -0.25) is 14.5 Å². The number of fused-ring (bicyclic) bond motifs is 4. The summed E-state index contributed by atoms with van der Waals surface area (Å²) in [6, 6.07) is 7.93. The molecule has 21 heavy (non-hydrogen) atoms. The minimum atomic E-state index is -0.684. The largest absolute Gasteiger partial charge is 0.469 e. The molecule has 0 unspecified atom stereocenters. The minimum absolute atomic E-state index is 0.00185. The first-order valence-electron chi connectivity index (χ1n) is 7.44. The molecule has 3 atom stereocenters. The number of amides is 1. The Kier molecular flexibility index (Phi) is 2.63. The molecular weight excluding hydrogens is 268 g/mol. The molecule has 0 aromatic heterocycles. The first kappa shape index (κ1) is 12.8. The Hall–Kier alpha value is -1.88. The number of anilines is 1. The average molecular weight is 286 g/mol. The number of nitrogens with zero attached hydrogens (tertiary/aromatic N) is 1. The summed E-state index contributed by atoms with van der Waals surface area (Å²) in [5.41, 5.74) is 1.20. The molecule has 0 radical (unpaired) electrons. The van der Waals surface area contributed by atoms with Crippen LogP contribution in [0.15, 0.2) is 24.3 Å². The number of carbonyl (C=O) groups excluding carboxylic acids is 2. The highest BCUT2D eigenvalue weighted by Crippen LogP contribution is 2.54. The quantitative estimate of drug-likeness (QED) is 0.795. The van der Waals surface area contributed by atoms with Crippen molar-refractivity contribution < 1.29 is 14.3 Å². The molecule has 1 N–H and O–H groups in total. The van der Waals surface area contributed by atoms with Crippen LogP contribution < -0.4 is 5.32 Å². The molecule has 1 aromatic carbocycles. The lowest BCUT2D eigenvalue weighted by atomic mass is 9.84. The summed E-state index contributed by atoms with van der Waals surface area (Å²) in [7, 11) is 1.43. The van der Waals surface area contributed by atoms with Gasteiger partial charge in [0.05, 0.1) is 13.0 Å². The lowest BCUT2D eigenvalue weighted by Crippen LogP contribution is -2.47. The molecule has 4 rings (SSSR count). The number of benzene rings is 1. The zero-order valence-corrected chi connectivity index (χ0v) is 12.0. The van der Waals surface area contributed by atoms with Gasteiger partial charge in [-0.2, -0.15) is 0 Å². The van der Waals surface area contributed by atoms with E-state index in [0.717, 1.165) is 30.6 Å². The summed E-state index contributed by atoms with van der Waals surface area (Å²) in [4.78, 5) is 27.1. The fraction of sp³-hybridized carbons (Fsp3) is 0.500. The lowest BCUT2D eigenvalue weighted by molar-refractivity contribution is -0.146. The third-order valence-corrected chi connectivity index (χ3v) is 5.27. The Morgan fingerprint density at radius 2 is 2.24 bits per heavy atom. The van der Waals surface area contributed by atoms with Crippen LogP contribution in [-0.2, 0) is 19.9 Å². The predicted octanol–water partition coefficient (Wildman–Crippen LogP) is 1.49. The molecule has 110 valence electrons. The highest BCUT2D eigenvalue weighted by Gasteiger charge is 2.62. The summed E-state index contributed by atoms with van der Waals surface area (Å²) < 4.78 is 4.97. The molecule has 3 heterocycles. The molecule has 2 fully saturated rings. The third kappa shape index (κ3) is 1.50. The highest BCUT2D eigenvalue weighted by atomic mass is 16.5. The molecule has 1 amide bonds. The number of nitrogens with one attached hydrogen (secondary N) is 1. The van der Waals surface area contributed by atoms with Crippen molar-refractivity contribution in [2.45, 2.75) is 30.8 Å². The van der Waals surface area contributed by atoms with Crippen LogP contribution >= 0.6 is 0 Å². The Bertz CT molecular complexity index is 630. The van der Waals surface area contributed by atoms with Gasteiger partial charge in [0.15, 0.2) is 0 Å². The fourth-order valence-corrected chi connectivity index (χ4v) is 4.44. The van der Waals surface area contributed by atoms with E-state index in [1.165, 1.54) is 7.11 Å². The SMILES string of the molecule is COC(=O)[C@@H]1C[C@]2(C(=O)Nc3ccccc32)N2CCC[C@@H]12. The monoisotopic (exact) mass is 286 g/mol. The van der Waals surface area contributed by atoms with Gasteiger partial charge in [-0.1, -0.05) is 18.2 Å². The molecule has 1 aromatic rings. The molecule has 0 bridgehead atoms. The van der Waals surface area contributed by atoms with E-state index in [-0.39, 0.29) is 23.8 Å². The standard InChI is InChI=1S/C16H18N2O3/c1-21-14(19)10-9-16(18-8-4-7-13(10)18)11-5-2-3-6-12(11)17-15(16)20/h2-3,5-6,10,13H,4,7-9H2,1H3,(H,17,20)/t10-,13+,16+/m1/s1. The van der Waals surface area contributed by atoms with Gasteiger partial charge in [-0.25, -0.2) is 0 Å². The number of esters is 1. The van der Waals surface area contributed by atoms with E-state index in [1.54, 1.807) is 0 Å². The second-order valence-electron chi connectivity index (χ2n) is 6.10. The van der Waals surface area contributed by atoms with E-state index in [0.29, 0.717) is 6.42 Å². The number of para-hydroxylation sites is 1. The van der Waals surface area contributed by atoms with Crippen LogP contribution in [-0.4, -0.2) is 36.5 Å². The van der Waals surface area contributed by atoms with Crippen LogP contribution in [0.5, 0.6) is 0 Å². The normalized spacial score (nSPS) is 33.9. The molecular formula is C16H18N2O3. The first-order chi connectivity index (χ1) is 10.2. The van der Waals surface area contributed by atoms with E-state index in [9.17, 15) is 9.59 Å². The van der Waals surface area contributed by atoms with Crippen molar-refractivity contribution in [3.8, 4) is 0 Å². The van der Waals surface area contributed by atoms with Crippen LogP contribution in [0.25, 0.3) is 0 Å². The average Bonchev–Trinajstić information content (AvgIpc) is 3.15. The van der Waals surface area contributed by atoms with Crippen LogP contribution in [0.3, 0.4) is 0 Å². The summed E-state index contributed by atoms with van der Waals surface area (Å²) >= 11 is 0. The van der Waals surface area contributed by atoms with E-state index in [4.69, 9.17) is 4.74 Å². The van der Waals surface area contributed by atoms with Gasteiger partial charge in [-0.15, -0.1) is 0 Å². The summed E-state index contributed by atoms with van der Waals surface area (Å²) in [6.45, 7) is 0.861. The Labute approximate surface area is 123 Å².